The van der Waals surface area contributed by atoms with Crippen molar-refractivity contribution < 1.29 is 9.47 Å². The van der Waals surface area contributed by atoms with Gasteiger partial charge in [-0.15, -0.1) is 0 Å². The molecule has 2 heterocycles. The van der Waals surface area contributed by atoms with Crippen LogP contribution in [0.5, 0.6) is 5.75 Å². The third-order valence-corrected chi connectivity index (χ3v) is 7.44. The Morgan fingerprint density at radius 2 is 1.60 bits per heavy atom. The number of piperidine rings is 1. The number of likely N-dealkylation sites (tertiary alicyclic amines) is 1. The summed E-state index contributed by atoms with van der Waals surface area (Å²) in [5, 5.41) is 0. The zero-order valence-electron chi connectivity index (χ0n) is 19.2. The van der Waals surface area contributed by atoms with Crippen molar-refractivity contribution in [2.75, 3.05) is 52.5 Å². The van der Waals surface area contributed by atoms with Crippen LogP contribution in [0.1, 0.15) is 63.9 Å². The van der Waals surface area contributed by atoms with Gasteiger partial charge in [0.15, 0.2) is 0 Å². The first kappa shape index (κ1) is 22.1. The second-order valence-corrected chi connectivity index (χ2v) is 10.1. The van der Waals surface area contributed by atoms with E-state index in [0.29, 0.717) is 0 Å². The van der Waals surface area contributed by atoms with Gasteiger partial charge in [0.05, 0.1) is 19.8 Å². The number of ether oxygens (including phenoxy) is 2. The van der Waals surface area contributed by atoms with E-state index in [9.17, 15) is 0 Å². The minimum atomic E-state index is 0.722. The molecule has 1 aliphatic carbocycles. The number of hydrogen-bond donors (Lipinski definition) is 0. The molecular weight excluding hydrogens is 372 g/mol. The van der Waals surface area contributed by atoms with Crippen LogP contribution in [0.25, 0.3) is 0 Å². The molecule has 30 heavy (non-hydrogen) atoms. The van der Waals surface area contributed by atoms with Crippen LogP contribution in [-0.2, 0) is 4.74 Å². The normalized spacial score (nSPS) is 31.5. The average molecular weight is 415 g/mol. The van der Waals surface area contributed by atoms with E-state index in [4.69, 9.17) is 9.47 Å². The molecule has 2 saturated heterocycles. The SMILES string of the molecule is C[C@H]1C[C@H](C)CN(CCCOc2ccc(C3CCC(N4CCOCC4)CC3)cc2)C1. The fourth-order valence-corrected chi connectivity index (χ4v) is 6.01. The second-order valence-electron chi connectivity index (χ2n) is 10.1. The summed E-state index contributed by atoms with van der Waals surface area (Å²) in [6, 6.07) is 9.77. The van der Waals surface area contributed by atoms with Crippen LogP contribution >= 0.6 is 0 Å². The predicted octanol–water partition coefficient (Wildman–Crippen LogP) is 4.79. The maximum absolute atomic E-state index is 6.04. The lowest BCUT2D eigenvalue weighted by Gasteiger charge is -2.38. The summed E-state index contributed by atoms with van der Waals surface area (Å²) >= 11 is 0. The van der Waals surface area contributed by atoms with E-state index in [1.54, 1.807) is 0 Å². The summed E-state index contributed by atoms with van der Waals surface area (Å²) in [4.78, 5) is 5.28. The predicted molar refractivity (Wildman–Crippen MR) is 123 cm³/mol. The molecule has 0 spiro atoms. The van der Waals surface area contributed by atoms with Crippen molar-refractivity contribution in [2.45, 2.75) is 64.3 Å². The van der Waals surface area contributed by atoms with Crippen molar-refractivity contribution in [2.24, 2.45) is 11.8 Å². The molecule has 2 aliphatic heterocycles. The van der Waals surface area contributed by atoms with Gasteiger partial charge in [0, 0.05) is 38.8 Å². The smallest absolute Gasteiger partial charge is 0.119 e. The summed E-state index contributed by atoms with van der Waals surface area (Å²) in [6.45, 7) is 13.3. The molecule has 0 bridgehead atoms. The van der Waals surface area contributed by atoms with E-state index in [2.05, 4.69) is 47.9 Å². The topological polar surface area (TPSA) is 24.9 Å². The summed E-state index contributed by atoms with van der Waals surface area (Å²) in [7, 11) is 0. The summed E-state index contributed by atoms with van der Waals surface area (Å²) in [6.07, 6.45) is 7.79. The molecule has 1 aromatic carbocycles. The van der Waals surface area contributed by atoms with Gasteiger partial charge in [0.2, 0.25) is 0 Å². The van der Waals surface area contributed by atoms with Crippen LogP contribution < -0.4 is 4.74 Å². The fourth-order valence-electron chi connectivity index (χ4n) is 6.01. The van der Waals surface area contributed by atoms with Gasteiger partial charge in [-0.2, -0.15) is 0 Å². The first-order chi connectivity index (χ1) is 14.7. The van der Waals surface area contributed by atoms with Crippen molar-refractivity contribution >= 4 is 0 Å². The van der Waals surface area contributed by atoms with Crippen LogP contribution in [0, 0.1) is 11.8 Å². The molecule has 0 amide bonds. The monoisotopic (exact) mass is 414 g/mol. The van der Waals surface area contributed by atoms with Crippen LogP contribution in [0.15, 0.2) is 24.3 Å². The van der Waals surface area contributed by atoms with Crippen LogP contribution in [0.2, 0.25) is 0 Å². The molecule has 2 atom stereocenters. The minimum absolute atomic E-state index is 0.722. The Balaban J connectivity index is 1.15. The van der Waals surface area contributed by atoms with E-state index in [1.165, 1.54) is 57.3 Å². The maximum atomic E-state index is 6.04. The van der Waals surface area contributed by atoms with E-state index >= 15 is 0 Å². The van der Waals surface area contributed by atoms with Gasteiger partial charge in [-0.05, 0) is 74.0 Å². The number of morpholine rings is 1. The van der Waals surface area contributed by atoms with Gasteiger partial charge < -0.3 is 14.4 Å². The van der Waals surface area contributed by atoms with Gasteiger partial charge >= 0.3 is 0 Å². The number of rotatable bonds is 7. The Morgan fingerprint density at radius 3 is 2.27 bits per heavy atom. The lowest BCUT2D eigenvalue weighted by atomic mass is 9.81. The van der Waals surface area contributed by atoms with Crippen molar-refractivity contribution in [3.8, 4) is 5.75 Å². The maximum Gasteiger partial charge on any atom is 0.119 e. The molecule has 0 aromatic heterocycles. The third-order valence-electron chi connectivity index (χ3n) is 7.44. The number of hydrogen-bond acceptors (Lipinski definition) is 4. The highest BCUT2D eigenvalue weighted by Gasteiger charge is 2.27. The van der Waals surface area contributed by atoms with Crippen molar-refractivity contribution in [1.29, 1.82) is 0 Å². The largest absolute Gasteiger partial charge is 0.494 e. The van der Waals surface area contributed by atoms with Crippen molar-refractivity contribution in [1.82, 2.24) is 9.80 Å². The van der Waals surface area contributed by atoms with Crippen LogP contribution in [-0.4, -0.2) is 68.4 Å². The highest BCUT2D eigenvalue weighted by atomic mass is 16.5. The Labute approximate surface area is 183 Å². The number of benzene rings is 1. The molecule has 0 unspecified atom stereocenters. The fraction of sp³-hybridized carbons (Fsp3) is 0.769. The molecule has 1 aromatic rings. The molecule has 0 N–H and O–H groups in total. The van der Waals surface area contributed by atoms with Crippen molar-refractivity contribution in [3.63, 3.8) is 0 Å². The first-order valence-electron chi connectivity index (χ1n) is 12.4. The van der Waals surface area contributed by atoms with Gasteiger partial charge in [0.25, 0.3) is 0 Å². The molecule has 0 radical (unpaired) electrons. The minimum Gasteiger partial charge on any atom is -0.494 e. The zero-order chi connectivity index (χ0) is 20.8. The first-order valence-corrected chi connectivity index (χ1v) is 12.4. The third kappa shape index (κ3) is 6.21. The lowest BCUT2D eigenvalue weighted by Crippen LogP contribution is -2.44. The quantitative estimate of drug-likeness (QED) is 0.599. The number of nitrogens with zero attached hydrogens (tertiary/aromatic N) is 2. The van der Waals surface area contributed by atoms with E-state index < -0.39 is 0 Å². The van der Waals surface area contributed by atoms with E-state index in [0.717, 1.165) is 68.9 Å². The highest BCUT2D eigenvalue weighted by Crippen LogP contribution is 2.35. The highest BCUT2D eigenvalue weighted by molar-refractivity contribution is 5.29. The molecular formula is C26H42N2O2. The Bertz CT molecular complexity index is 610. The van der Waals surface area contributed by atoms with Crippen LogP contribution in [0.3, 0.4) is 0 Å². The van der Waals surface area contributed by atoms with Crippen molar-refractivity contribution in [3.05, 3.63) is 29.8 Å². The van der Waals surface area contributed by atoms with Gasteiger partial charge in [-0.25, -0.2) is 0 Å². The molecule has 4 nitrogen and oxygen atoms in total. The van der Waals surface area contributed by atoms with Gasteiger partial charge in [-0.3, -0.25) is 4.90 Å². The standard InChI is InChI=1S/C26H42N2O2/c1-21-18-22(2)20-27(19-21)12-3-15-30-26-10-6-24(7-11-26)23-4-8-25(9-5-23)28-13-16-29-17-14-28/h6-7,10-11,21-23,25H,3-5,8-9,12-20H2,1-2H3/t21-,22-,23?,25?/m0/s1. The molecule has 4 heteroatoms. The molecule has 168 valence electrons. The van der Waals surface area contributed by atoms with Crippen LogP contribution in [0.4, 0.5) is 0 Å². The Hall–Kier alpha value is -1.10. The van der Waals surface area contributed by atoms with E-state index in [1.807, 2.05) is 0 Å². The summed E-state index contributed by atoms with van der Waals surface area (Å²) in [5.74, 6) is 3.43. The summed E-state index contributed by atoms with van der Waals surface area (Å²) < 4.78 is 11.6. The Morgan fingerprint density at radius 1 is 0.933 bits per heavy atom. The zero-order valence-corrected chi connectivity index (χ0v) is 19.2. The second kappa shape index (κ2) is 11.0. The molecule has 4 rings (SSSR count). The van der Waals surface area contributed by atoms with Gasteiger partial charge in [-0.1, -0.05) is 26.0 Å². The van der Waals surface area contributed by atoms with Gasteiger partial charge in [0.1, 0.15) is 5.75 Å². The molecule has 1 saturated carbocycles. The Kier molecular flexibility index (Phi) is 8.08. The average Bonchev–Trinajstić information content (AvgIpc) is 2.77. The molecule has 3 fully saturated rings. The lowest BCUT2D eigenvalue weighted by molar-refractivity contribution is 0.00729. The summed E-state index contributed by atoms with van der Waals surface area (Å²) in [5.41, 5.74) is 1.50. The molecule has 3 aliphatic rings. The van der Waals surface area contributed by atoms with E-state index in [-0.39, 0.29) is 0 Å².